The molecule has 8 nitrogen and oxygen atoms in total. The van der Waals surface area contributed by atoms with E-state index in [0.29, 0.717) is 24.0 Å². The maximum absolute atomic E-state index is 12.5. The number of halogens is 3. The highest BCUT2D eigenvalue weighted by atomic mass is 19.4. The number of carbonyl (C=O) groups is 1. The molecule has 0 saturated heterocycles. The lowest BCUT2D eigenvalue weighted by Crippen LogP contribution is -2.40. The largest absolute Gasteiger partial charge is 0.468 e. The highest BCUT2D eigenvalue weighted by Crippen LogP contribution is 2.32. The minimum atomic E-state index is -4.39. The summed E-state index contributed by atoms with van der Waals surface area (Å²) in [6.45, 7) is 2.79. The molecular formula is C27H35F3N4O4. The molecule has 1 amide bonds. The second-order valence-corrected chi connectivity index (χ2v) is 10.1. The Bertz CT molecular complexity index is 1100. The Labute approximate surface area is 220 Å². The van der Waals surface area contributed by atoms with Crippen molar-refractivity contribution in [3.05, 3.63) is 41.2 Å². The van der Waals surface area contributed by atoms with Crippen LogP contribution < -0.4 is 4.74 Å². The van der Waals surface area contributed by atoms with Crippen LogP contribution in [0.25, 0.3) is 0 Å². The van der Waals surface area contributed by atoms with Crippen molar-refractivity contribution in [3.63, 3.8) is 0 Å². The SMILES string of the molecule is CO[C@@H](CN1CCc2ccc(OCC(F)(F)F)nc2CC1)C1CCC(C=NC(=O)Cc2cnc(C)o2)CC1. The molecule has 2 aliphatic rings. The number of aromatic nitrogens is 2. The fourth-order valence-electron chi connectivity index (χ4n) is 5.23. The summed E-state index contributed by atoms with van der Waals surface area (Å²) in [7, 11) is 1.75. The number of aliphatic imine (C=N–C) groups is 1. The Morgan fingerprint density at radius 3 is 2.68 bits per heavy atom. The van der Waals surface area contributed by atoms with E-state index in [1.54, 1.807) is 26.4 Å². The van der Waals surface area contributed by atoms with Gasteiger partial charge in [0.05, 0.1) is 18.7 Å². The Balaban J connectivity index is 1.23. The molecule has 38 heavy (non-hydrogen) atoms. The molecule has 1 atom stereocenters. The molecule has 0 spiro atoms. The van der Waals surface area contributed by atoms with Gasteiger partial charge in [-0.05, 0) is 49.5 Å². The zero-order chi connectivity index (χ0) is 27.1. The monoisotopic (exact) mass is 536 g/mol. The third-order valence-electron chi connectivity index (χ3n) is 7.30. The molecule has 0 aromatic carbocycles. The molecule has 1 aliphatic heterocycles. The van der Waals surface area contributed by atoms with Crippen molar-refractivity contribution in [2.75, 3.05) is 33.4 Å². The van der Waals surface area contributed by atoms with Crippen LogP contribution >= 0.6 is 0 Å². The Morgan fingerprint density at radius 1 is 1.24 bits per heavy atom. The summed E-state index contributed by atoms with van der Waals surface area (Å²) in [5.41, 5.74) is 1.85. The summed E-state index contributed by atoms with van der Waals surface area (Å²) in [4.78, 5) is 27.0. The van der Waals surface area contributed by atoms with Crippen molar-refractivity contribution in [3.8, 4) is 5.88 Å². The van der Waals surface area contributed by atoms with Gasteiger partial charge in [-0.2, -0.15) is 13.2 Å². The molecule has 208 valence electrons. The molecule has 0 bridgehead atoms. The van der Waals surface area contributed by atoms with E-state index in [1.165, 1.54) is 6.07 Å². The number of ether oxygens (including phenoxy) is 2. The molecule has 0 unspecified atom stereocenters. The van der Waals surface area contributed by atoms with E-state index in [9.17, 15) is 18.0 Å². The van der Waals surface area contributed by atoms with E-state index in [4.69, 9.17) is 13.9 Å². The first-order valence-electron chi connectivity index (χ1n) is 13.1. The number of aryl methyl sites for hydroxylation is 1. The van der Waals surface area contributed by atoms with Crippen LogP contribution in [0.1, 0.15) is 48.6 Å². The van der Waals surface area contributed by atoms with Gasteiger partial charge in [0.15, 0.2) is 12.5 Å². The van der Waals surface area contributed by atoms with Gasteiger partial charge in [0.2, 0.25) is 5.88 Å². The van der Waals surface area contributed by atoms with Gasteiger partial charge in [0.1, 0.15) is 5.76 Å². The van der Waals surface area contributed by atoms with E-state index in [0.717, 1.165) is 63.0 Å². The second-order valence-electron chi connectivity index (χ2n) is 10.1. The second kappa shape index (κ2) is 12.8. The van der Waals surface area contributed by atoms with Crippen molar-refractivity contribution in [2.24, 2.45) is 16.8 Å². The van der Waals surface area contributed by atoms with E-state index in [1.807, 2.05) is 6.07 Å². The number of oxazole rings is 1. The van der Waals surface area contributed by atoms with Crippen LogP contribution in [0, 0.1) is 18.8 Å². The van der Waals surface area contributed by atoms with Crippen LogP contribution in [-0.4, -0.2) is 72.6 Å². The van der Waals surface area contributed by atoms with Crippen LogP contribution in [0.5, 0.6) is 5.88 Å². The number of rotatable bonds is 9. The Kier molecular flexibility index (Phi) is 9.54. The fourth-order valence-corrected chi connectivity index (χ4v) is 5.23. The van der Waals surface area contributed by atoms with E-state index in [-0.39, 0.29) is 30.2 Å². The molecule has 3 heterocycles. The molecule has 1 saturated carbocycles. The Morgan fingerprint density at radius 2 is 2.00 bits per heavy atom. The smallest absolute Gasteiger partial charge is 0.422 e. The average Bonchev–Trinajstić information content (AvgIpc) is 3.19. The van der Waals surface area contributed by atoms with Gasteiger partial charge < -0.3 is 18.8 Å². The number of amides is 1. The average molecular weight is 537 g/mol. The van der Waals surface area contributed by atoms with Crippen molar-refractivity contribution in [1.29, 1.82) is 0 Å². The van der Waals surface area contributed by atoms with Gasteiger partial charge in [-0.15, -0.1) is 0 Å². The van der Waals surface area contributed by atoms with Crippen LogP contribution in [0.4, 0.5) is 13.2 Å². The first-order valence-corrected chi connectivity index (χ1v) is 13.1. The van der Waals surface area contributed by atoms with Crippen LogP contribution in [-0.2, 0) is 28.8 Å². The van der Waals surface area contributed by atoms with E-state index in [2.05, 4.69) is 19.9 Å². The summed E-state index contributed by atoms with van der Waals surface area (Å²) < 4.78 is 53.5. The predicted octanol–water partition coefficient (Wildman–Crippen LogP) is 4.38. The van der Waals surface area contributed by atoms with Crippen molar-refractivity contribution in [2.45, 2.75) is 64.1 Å². The number of nitrogens with zero attached hydrogens (tertiary/aromatic N) is 4. The van der Waals surface area contributed by atoms with Crippen molar-refractivity contribution in [1.82, 2.24) is 14.9 Å². The molecular weight excluding hydrogens is 501 g/mol. The maximum Gasteiger partial charge on any atom is 0.422 e. The highest BCUT2D eigenvalue weighted by molar-refractivity contribution is 5.86. The number of fused-ring (bicyclic) bond motifs is 1. The number of pyridine rings is 1. The van der Waals surface area contributed by atoms with Crippen LogP contribution in [0.3, 0.4) is 0 Å². The number of methoxy groups -OCH3 is 1. The number of alkyl halides is 3. The summed E-state index contributed by atoms with van der Waals surface area (Å²) in [6, 6.07) is 3.34. The molecule has 0 radical (unpaired) electrons. The van der Waals surface area contributed by atoms with Gasteiger partial charge in [-0.3, -0.25) is 4.79 Å². The third-order valence-corrected chi connectivity index (χ3v) is 7.30. The lowest BCUT2D eigenvalue weighted by molar-refractivity contribution is -0.154. The minimum absolute atomic E-state index is 0.0133. The zero-order valence-corrected chi connectivity index (χ0v) is 21.9. The van der Waals surface area contributed by atoms with Crippen molar-refractivity contribution >= 4 is 12.1 Å². The van der Waals surface area contributed by atoms with E-state index < -0.39 is 12.8 Å². The number of hydrogen-bond acceptors (Lipinski definition) is 7. The van der Waals surface area contributed by atoms with Crippen molar-refractivity contribution < 1.29 is 31.9 Å². The lowest BCUT2D eigenvalue weighted by Gasteiger charge is -2.34. The Hall–Kier alpha value is -2.79. The lowest BCUT2D eigenvalue weighted by atomic mass is 9.79. The maximum atomic E-state index is 12.5. The molecule has 2 aromatic rings. The van der Waals surface area contributed by atoms with Gasteiger partial charge in [0, 0.05) is 58.1 Å². The molecule has 4 rings (SSSR count). The minimum Gasteiger partial charge on any atom is -0.468 e. The molecule has 0 N–H and O–H groups in total. The molecule has 11 heteroatoms. The number of hydrogen-bond donors (Lipinski definition) is 0. The summed E-state index contributed by atoms with van der Waals surface area (Å²) in [5, 5.41) is 0. The van der Waals surface area contributed by atoms with Crippen LogP contribution in [0.2, 0.25) is 0 Å². The quantitative estimate of drug-likeness (QED) is 0.440. The highest BCUT2D eigenvalue weighted by Gasteiger charge is 2.30. The normalized spacial score (nSPS) is 21.7. The summed E-state index contributed by atoms with van der Waals surface area (Å²) in [6.07, 6.45) is 4.51. The standard InChI is InChI=1S/C27H35F3N4O4/c1-18-31-15-22(38-18)13-25(35)32-14-19-3-5-21(6-4-19)24(36-2)16-34-11-9-20-7-8-26(33-23(20)10-12-34)37-17-27(28,29)30/h7-8,14-15,19,21,24H,3-6,9-13,16-17H2,1-2H3/t19?,21?,24-/m0/s1. The first-order chi connectivity index (χ1) is 18.2. The molecule has 1 aliphatic carbocycles. The van der Waals surface area contributed by atoms with Gasteiger partial charge in [-0.25, -0.2) is 15.0 Å². The first kappa shape index (κ1) is 28.2. The van der Waals surface area contributed by atoms with Crippen LogP contribution in [0.15, 0.2) is 27.7 Å². The number of carbonyl (C=O) groups excluding carboxylic acids is 1. The molecule has 1 fully saturated rings. The van der Waals surface area contributed by atoms with Gasteiger partial charge in [0.25, 0.3) is 5.91 Å². The zero-order valence-electron chi connectivity index (χ0n) is 21.9. The topological polar surface area (TPSA) is 90.1 Å². The predicted molar refractivity (Wildman–Crippen MR) is 134 cm³/mol. The fraction of sp³-hybridized carbons (Fsp3) is 0.630. The summed E-state index contributed by atoms with van der Waals surface area (Å²) >= 11 is 0. The summed E-state index contributed by atoms with van der Waals surface area (Å²) in [5.74, 6) is 1.54. The van der Waals surface area contributed by atoms with Gasteiger partial charge >= 0.3 is 6.18 Å². The molecule has 2 aromatic heterocycles. The van der Waals surface area contributed by atoms with E-state index >= 15 is 0 Å². The third kappa shape index (κ3) is 8.36. The van der Waals surface area contributed by atoms with Gasteiger partial charge in [-0.1, -0.05) is 6.07 Å².